The predicted octanol–water partition coefficient (Wildman–Crippen LogP) is -0.833. The molecule has 0 aromatic rings. The first kappa shape index (κ1) is 10.6. The van der Waals surface area contributed by atoms with E-state index in [9.17, 15) is 9.59 Å². The Hall–Kier alpha value is -0.940. The van der Waals surface area contributed by atoms with Gasteiger partial charge in [-0.3, -0.25) is 19.4 Å². The monoisotopic (exact) mass is 211 g/mol. The molecule has 5 nitrogen and oxygen atoms in total. The quantitative estimate of drug-likeness (QED) is 0.619. The number of rotatable bonds is 3. The molecule has 1 unspecified atom stereocenters. The Balaban J connectivity index is 2.03. The first-order valence-corrected chi connectivity index (χ1v) is 5.42. The smallest absolute Gasteiger partial charge is 0.243 e. The van der Waals surface area contributed by atoms with Crippen molar-refractivity contribution >= 4 is 11.8 Å². The molecule has 1 heterocycles. The van der Waals surface area contributed by atoms with E-state index in [0.29, 0.717) is 25.7 Å². The van der Waals surface area contributed by atoms with Crippen molar-refractivity contribution in [1.29, 1.82) is 0 Å². The summed E-state index contributed by atoms with van der Waals surface area (Å²) in [6.07, 6.45) is 2.24. The highest BCUT2D eigenvalue weighted by Gasteiger charge is 2.39. The number of piperazine rings is 1. The Labute approximate surface area is 89.2 Å². The van der Waals surface area contributed by atoms with Crippen molar-refractivity contribution in [1.82, 2.24) is 9.80 Å². The maximum atomic E-state index is 11.8. The molecule has 0 bridgehead atoms. The van der Waals surface area contributed by atoms with Gasteiger partial charge in [0.25, 0.3) is 0 Å². The van der Waals surface area contributed by atoms with Gasteiger partial charge in [0, 0.05) is 18.6 Å². The molecule has 0 aromatic heterocycles. The second kappa shape index (κ2) is 3.90. The third-order valence-electron chi connectivity index (χ3n) is 3.06. The predicted molar refractivity (Wildman–Crippen MR) is 55.0 cm³/mol. The molecule has 1 atom stereocenters. The fourth-order valence-electron chi connectivity index (χ4n) is 1.99. The molecule has 2 fully saturated rings. The molecule has 0 spiro atoms. The second-order valence-electron chi connectivity index (χ2n) is 4.38. The lowest BCUT2D eigenvalue weighted by Gasteiger charge is -2.35. The SMILES string of the molecule is CC(CN)N1C(=O)CN(C2CC2)CC1=O. The fourth-order valence-corrected chi connectivity index (χ4v) is 1.99. The van der Waals surface area contributed by atoms with Crippen LogP contribution >= 0.6 is 0 Å². The van der Waals surface area contributed by atoms with Crippen molar-refractivity contribution in [2.45, 2.75) is 31.8 Å². The van der Waals surface area contributed by atoms with Crippen molar-refractivity contribution in [3.63, 3.8) is 0 Å². The van der Waals surface area contributed by atoms with Gasteiger partial charge in [-0.15, -0.1) is 0 Å². The molecule has 1 aliphatic carbocycles. The minimum absolute atomic E-state index is 0.101. The highest BCUT2D eigenvalue weighted by atomic mass is 16.2. The molecule has 2 N–H and O–H groups in total. The lowest BCUT2D eigenvalue weighted by Crippen LogP contribution is -2.58. The van der Waals surface area contributed by atoms with E-state index in [1.807, 2.05) is 11.8 Å². The van der Waals surface area contributed by atoms with Crippen molar-refractivity contribution in [2.75, 3.05) is 19.6 Å². The molecule has 84 valence electrons. The Morgan fingerprint density at radius 1 is 1.33 bits per heavy atom. The minimum Gasteiger partial charge on any atom is -0.328 e. The van der Waals surface area contributed by atoms with Crippen LogP contribution in [0.2, 0.25) is 0 Å². The van der Waals surface area contributed by atoms with Gasteiger partial charge in [0.15, 0.2) is 0 Å². The van der Waals surface area contributed by atoms with Crippen molar-refractivity contribution in [3.05, 3.63) is 0 Å². The van der Waals surface area contributed by atoms with Crippen LogP contribution in [0.3, 0.4) is 0 Å². The van der Waals surface area contributed by atoms with E-state index in [2.05, 4.69) is 0 Å². The molecule has 0 aromatic carbocycles. The van der Waals surface area contributed by atoms with Gasteiger partial charge in [-0.25, -0.2) is 0 Å². The molecule has 1 saturated heterocycles. The summed E-state index contributed by atoms with van der Waals surface area (Å²) in [5, 5.41) is 0. The number of hydrogen-bond donors (Lipinski definition) is 1. The Kier molecular flexibility index (Phi) is 2.75. The maximum Gasteiger partial charge on any atom is 0.243 e. The van der Waals surface area contributed by atoms with Crippen LogP contribution in [0.4, 0.5) is 0 Å². The summed E-state index contributed by atoms with van der Waals surface area (Å²) in [6.45, 7) is 2.89. The van der Waals surface area contributed by atoms with Gasteiger partial charge in [-0.1, -0.05) is 0 Å². The Bertz CT molecular complexity index is 270. The van der Waals surface area contributed by atoms with E-state index in [-0.39, 0.29) is 17.9 Å². The first-order chi connectivity index (χ1) is 7.13. The van der Waals surface area contributed by atoms with Crippen molar-refractivity contribution in [3.8, 4) is 0 Å². The zero-order valence-corrected chi connectivity index (χ0v) is 8.98. The zero-order valence-electron chi connectivity index (χ0n) is 8.98. The lowest BCUT2D eigenvalue weighted by atomic mass is 10.2. The molecular weight excluding hydrogens is 194 g/mol. The van der Waals surface area contributed by atoms with Gasteiger partial charge < -0.3 is 5.73 Å². The fraction of sp³-hybridized carbons (Fsp3) is 0.800. The van der Waals surface area contributed by atoms with Crippen LogP contribution in [0.1, 0.15) is 19.8 Å². The molecule has 15 heavy (non-hydrogen) atoms. The summed E-state index contributed by atoms with van der Waals surface area (Å²) >= 11 is 0. The highest BCUT2D eigenvalue weighted by Crippen LogP contribution is 2.28. The molecular formula is C10H17N3O2. The summed E-state index contributed by atoms with van der Waals surface area (Å²) in [4.78, 5) is 26.8. The van der Waals surface area contributed by atoms with E-state index in [1.54, 1.807) is 0 Å². The first-order valence-electron chi connectivity index (χ1n) is 5.42. The summed E-state index contributed by atoms with van der Waals surface area (Å²) in [5.41, 5.74) is 5.47. The van der Waals surface area contributed by atoms with Gasteiger partial charge >= 0.3 is 0 Å². The van der Waals surface area contributed by atoms with Gasteiger partial charge in [-0.05, 0) is 19.8 Å². The average Bonchev–Trinajstić information content (AvgIpc) is 2.99. The van der Waals surface area contributed by atoms with Crippen LogP contribution in [0.25, 0.3) is 0 Å². The Morgan fingerprint density at radius 3 is 2.27 bits per heavy atom. The standard InChI is InChI=1S/C10H17N3O2/c1-7(4-11)13-9(14)5-12(6-10(13)15)8-2-3-8/h7-8H,2-6,11H2,1H3. The van der Waals surface area contributed by atoms with E-state index < -0.39 is 0 Å². The van der Waals surface area contributed by atoms with Gasteiger partial charge in [-0.2, -0.15) is 0 Å². The van der Waals surface area contributed by atoms with Crippen LogP contribution in [-0.2, 0) is 9.59 Å². The topological polar surface area (TPSA) is 66.6 Å². The average molecular weight is 211 g/mol. The van der Waals surface area contributed by atoms with Crippen LogP contribution in [0.5, 0.6) is 0 Å². The number of carbonyl (C=O) groups is 2. The van der Waals surface area contributed by atoms with E-state index in [1.165, 1.54) is 4.90 Å². The molecule has 5 heteroatoms. The maximum absolute atomic E-state index is 11.8. The minimum atomic E-state index is -0.175. The number of carbonyl (C=O) groups excluding carboxylic acids is 2. The van der Waals surface area contributed by atoms with Crippen molar-refractivity contribution in [2.24, 2.45) is 5.73 Å². The number of nitrogens with two attached hydrogens (primary N) is 1. The van der Waals surface area contributed by atoms with E-state index in [4.69, 9.17) is 5.73 Å². The van der Waals surface area contributed by atoms with E-state index in [0.717, 1.165) is 12.8 Å². The lowest BCUT2D eigenvalue weighted by molar-refractivity contribution is -0.153. The molecule has 2 rings (SSSR count). The number of imide groups is 1. The van der Waals surface area contributed by atoms with Crippen LogP contribution in [0, 0.1) is 0 Å². The molecule has 0 radical (unpaired) electrons. The summed E-state index contributed by atoms with van der Waals surface area (Å²) < 4.78 is 0. The zero-order chi connectivity index (χ0) is 11.0. The van der Waals surface area contributed by atoms with E-state index >= 15 is 0 Å². The molecule has 2 aliphatic rings. The molecule has 1 aliphatic heterocycles. The van der Waals surface area contributed by atoms with Gasteiger partial charge in [0.1, 0.15) is 0 Å². The highest BCUT2D eigenvalue weighted by molar-refractivity contribution is 5.99. The summed E-state index contributed by atoms with van der Waals surface area (Å²) in [6, 6.07) is 0.291. The van der Waals surface area contributed by atoms with Crippen LogP contribution in [0.15, 0.2) is 0 Å². The third-order valence-corrected chi connectivity index (χ3v) is 3.06. The van der Waals surface area contributed by atoms with Crippen molar-refractivity contribution < 1.29 is 9.59 Å². The third kappa shape index (κ3) is 2.03. The Morgan fingerprint density at radius 2 is 1.87 bits per heavy atom. The van der Waals surface area contributed by atoms with Crippen LogP contribution in [-0.4, -0.2) is 53.3 Å². The second-order valence-corrected chi connectivity index (χ2v) is 4.38. The molecule has 2 amide bonds. The van der Waals surface area contributed by atoms with Gasteiger partial charge in [0.2, 0.25) is 11.8 Å². The summed E-state index contributed by atoms with van der Waals surface area (Å²) in [5.74, 6) is -0.202. The van der Waals surface area contributed by atoms with Gasteiger partial charge in [0.05, 0.1) is 13.1 Å². The molecule has 1 saturated carbocycles. The number of hydrogen-bond acceptors (Lipinski definition) is 4. The van der Waals surface area contributed by atoms with Crippen LogP contribution < -0.4 is 5.73 Å². The normalized spacial score (nSPS) is 25.9. The number of nitrogens with zero attached hydrogens (tertiary/aromatic N) is 2. The number of amides is 2. The largest absolute Gasteiger partial charge is 0.328 e. The summed E-state index contributed by atoms with van der Waals surface area (Å²) in [7, 11) is 0.